The van der Waals surface area contributed by atoms with Crippen molar-refractivity contribution in [2.75, 3.05) is 0 Å². The molecule has 0 amide bonds. The number of rotatable bonds is 1. The van der Waals surface area contributed by atoms with E-state index >= 15 is 0 Å². The van der Waals surface area contributed by atoms with Crippen LogP contribution in [0.4, 0.5) is 0 Å². The second-order valence-electron chi connectivity index (χ2n) is 4.72. The fourth-order valence-electron chi connectivity index (χ4n) is 2.36. The summed E-state index contributed by atoms with van der Waals surface area (Å²) in [4.78, 5) is 9.13. The highest BCUT2D eigenvalue weighted by atomic mass is 79.9. The lowest BCUT2D eigenvalue weighted by atomic mass is 9.93. The lowest BCUT2D eigenvalue weighted by molar-refractivity contribution is 0.557. The summed E-state index contributed by atoms with van der Waals surface area (Å²) in [6.45, 7) is 0. The van der Waals surface area contributed by atoms with Gasteiger partial charge in [-0.3, -0.25) is 0 Å². The lowest BCUT2D eigenvalue weighted by Crippen LogP contribution is -2.19. The summed E-state index contributed by atoms with van der Waals surface area (Å²) < 4.78 is 2.03. The van der Waals surface area contributed by atoms with Crippen LogP contribution in [0.2, 0.25) is 0 Å². The maximum Gasteiger partial charge on any atom is 0.159 e. The molecular formula is C14H13Br2N3. The summed E-state index contributed by atoms with van der Waals surface area (Å²) in [5.41, 5.74) is 9.30. The predicted molar refractivity (Wildman–Crippen MR) is 82.7 cm³/mol. The van der Waals surface area contributed by atoms with Crippen LogP contribution >= 0.6 is 31.9 Å². The molecule has 1 aliphatic rings. The largest absolute Gasteiger partial charge is 0.324 e. The number of halogens is 2. The van der Waals surface area contributed by atoms with Gasteiger partial charge < -0.3 is 5.73 Å². The topological polar surface area (TPSA) is 51.8 Å². The maximum atomic E-state index is 6.09. The van der Waals surface area contributed by atoms with Crippen LogP contribution in [-0.2, 0) is 6.42 Å². The first kappa shape index (κ1) is 13.2. The van der Waals surface area contributed by atoms with Gasteiger partial charge in [0.25, 0.3) is 0 Å². The second kappa shape index (κ2) is 5.31. The molecule has 2 aromatic rings. The molecule has 0 spiro atoms. The van der Waals surface area contributed by atoms with E-state index in [1.807, 2.05) is 24.4 Å². The van der Waals surface area contributed by atoms with Gasteiger partial charge in [-0.15, -0.1) is 0 Å². The van der Waals surface area contributed by atoms with Gasteiger partial charge in [-0.05, 0) is 69.3 Å². The van der Waals surface area contributed by atoms with E-state index in [0.29, 0.717) is 0 Å². The van der Waals surface area contributed by atoms with E-state index in [2.05, 4.69) is 41.8 Å². The Hall–Kier alpha value is -0.780. The van der Waals surface area contributed by atoms with E-state index in [-0.39, 0.29) is 6.04 Å². The normalized spacial score (nSPS) is 18.2. The van der Waals surface area contributed by atoms with Gasteiger partial charge in [-0.25, -0.2) is 9.97 Å². The van der Waals surface area contributed by atoms with Gasteiger partial charge in [0.05, 0.1) is 0 Å². The molecular weight excluding hydrogens is 370 g/mol. The van der Waals surface area contributed by atoms with Crippen LogP contribution in [-0.4, -0.2) is 9.97 Å². The highest BCUT2D eigenvalue weighted by Gasteiger charge is 2.19. The standard InChI is InChI=1S/C14H13Br2N3/c15-10-5-4-8(6-11(10)16)14-18-7-9-12(17)2-1-3-13(9)19-14/h4-7,12H,1-3,17H2. The van der Waals surface area contributed by atoms with Crippen LogP contribution in [0.5, 0.6) is 0 Å². The zero-order valence-corrected chi connectivity index (χ0v) is 13.4. The molecule has 0 bridgehead atoms. The van der Waals surface area contributed by atoms with Crippen molar-refractivity contribution in [1.82, 2.24) is 9.97 Å². The van der Waals surface area contributed by atoms with E-state index in [1.54, 1.807) is 0 Å². The molecule has 19 heavy (non-hydrogen) atoms. The average molecular weight is 383 g/mol. The second-order valence-corrected chi connectivity index (χ2v) is 6.43. The highest BCUT2D eigenvalue weighted by molar-refractivity contribution is 9.13. The predicted octanol–water partition coefficient (Wildman–Crippen LogP) is 4.00. The maximum absolute atomic E-state index is 6.09. The minimum atomic E-state index is 0.0921. The first-order valence-corrected chi connectivity index (χ1v) is 7.80. The molecule has 3 rings (SSSR count). The zero-order chi connectivity index (χ0) is 13.4. The minimum Gasteiger partial charge on any atom is -0.324 e. The third-order valence-electron chi connectivity index (χ3n) is 3.41. The molecule has 5 heteroatoms. The van der Waals surface area contributed by atoms with Crippen LogP contribution in [0.25, 0.3) is 11.4 Å². The molecule has 1 aromatic carbocycles. The fraction of sp³-hybridized carbons (Fsp3) is 0.286. The Morgan fingerprint density at radius 3 is 2.84 bits per heavy atom. The Morgan fingerprint density at radius 2 is 2.05 bits per heavy atom. The zero-order valence-electron chi connectivity index (χ0n) is 10.2. The van der Waals surface area contributed by atoms with Crippen molar-refractivity contribution in [3.63, 3.8) is 0 Å². The van der Waals surface area contributed by atoms with Gasteiger partial charge in [-0.1, -0.05) is 0 Å². The van der Waals surface area contributed by atoms with Crippen LogP contribution in [0.1, 0.15) is 30.1 Å². The van der Waals surface area contributed by atoms with Crippen molar-refractivity contribution in [2.45, 2.75) is 25.3 Å². The summed E-state index contributed by atoms with van der Waals surface area (Å²) in [5, 5.41) is 0. The van der Waals surface area contributed by atoms with Crippen molar-refractivity contribution >= 4 is 31.9 Å². The Kier molecular flexibility index (Phi) is 3.69. The third kappa shape index (κ3) is 2.59. The molecule has 2 N–H and O–H groups in total. The van der Waals surface area contributed by atoms with E-state index in [4.69, 9.17) is 5.73 Å². The fourth-order valence-corrected chi connectivity index (χ4v) is 2.98. The van der Waals surface area contributed by atoms with Crippen LogP contribution in [0.3, 0.4) is 0 Å². The van der Waals surface area contributed by atoms with Crippen molar-refractivity contribution in [2.24, 2.45) is 5.73 Å². The first-order chi connectivity index (χ1) is 9.15. The Balaban J connectivity index is 2.04. The third-order valence-corrected chi connectivity index (χ3v) is 5.29. The summed E-state index contributed by atoms with van der Waals surface area (Å²) >= 11 is 6.97. The number of aryl methyl sites for hydroxylation is 1. The number of fused-ring (bicyclic) bond motifs is 1. The van der Waals surface area contributed by atoms with Gasteiger partial charge in [0.1, 0.15) is 0 Å². The molecule has 0 saturated carbocycles. The quantitative estimate of drug-likeness (QED) is 0.810. The van der Waals surface area contributed by atoms with Gasteiger partial charge >= 0.3 is 0 Å². The Labute approximate surface area is 128 Å². The molecule has 1 aromatic heterocycles. The van der Waals surface area contributed by atoms with Gasteiger partial charge in [0.15, 0.2) is 5.82 Å². The Bertz CT molecular complexity index is 628. The van der Waals surface area contributed by atoms with Gasteiger partial charge in [0.2, 0.25) is 0 Å². The molecule has 0 saturated heterocycles. The lowest BCUT2D eigenvalue weighted by Gasteiger charge is -2.21. The molecule has 3 nitrogen and oxygen atoms in total. The van der Waals surface area contributed by atoms with Gasteiger partial charge in [0, 0.05) is 38.0 Å². The smallest absolute Gasteiger partial charge is 0.159 e. The molecule has 1 aliphatic carbocycles. The summed E-state index contributed by atoms with van der Waals surface area (Å²) in [6.07, 6.45) is 5.02. The molecule has 0 radical (unpaired) electrons. The molecule has 0 aliphatic heterocycles. The SMILES string of the molecule is NC1CCCc2nc(-c3ccc(Br)c(Br)c3)ncc21. The number of nitrogens with zero attached hydrogens (tertiary/aromatic N) is 2. The summed E-state index contributed by atoms with van der Waals surface area (Å²) in [6, 6.07) is 6.12. The number of nitrogens with two attached hydrogens (primary N) is 1. The van der Waals surface area contributed by atoms with E-state index in [9.17, 15) is 0 Å². The van der Waals surface area contributed by atoms with E-state index in [0.717, 1.165) is 50.9 Å². The van der Waals surface area contributed by atoms with Crippen molar-refractivity contribution in [3.8, 4) is 11.4 Å². The number of hydrogen-bond acceptors (Lipinski definition) is 3. The highest BCUT2D eigenvalue weighted by Crippen LogP contribution is 2.30. The number of aromatic nitrogens is 2. The van der Waals surface area contributed by atoms with Crippen LogP contribution < -0.4 is 5.73 Å². The minimum absolute atomic E-state index is 0.0921. The summed E-state index contributed by atoms with van der Waals surface area (Å²) in [7, 11) is 0. The number of hydrogen-bond donors (Lipinski definition) is 1. The molecule has 1 unspecified atom stereocenters. The summed E-state index contributed by atoms with van der Waals surface area (Å²) in [5.74, 6) is 0.765. The van der Waals surface area contributed by atoms with E-state index < -0.39 is 0 Å². The monoisotopic (exact) mass is 381 g/mol. The number of benzene rings is 1. The molecule has 1 heterocycles. The Morgan fingerprint density at radius 1 is 1.21 bits per heavy atom. The molecule has 98 valence electrons. The van der Waals surface area contributed by atoms with Gasteiger partial charge in [-0.2, -0.15) is 0 Å². The molecule has 0 fully saturated rings. The average Bonchev–Trinajstić information content (AvgIpc) is 2.42. The van der Waals surface area contributed by atoms with Crippen molar-refractivity contribution in [1.29, 1.82) is 0 Å². The first-order valence-electron chi connectivity index (χ1n) is 6.22. The van der Waals surface area contributed by atoms with Crippen molar-refractivity contribution < 1.29 is 0 Å². The van der Waals surface area contributed by atoms with Crippen LogP contribution in [0, 0.1) is 0 Å². The van der Waals surface area contributed by atoms with Crippen molar-refractivity contribution in [3.05, 3.63) is 44.6 Å². The van der Waals surface area contributed by atoms with Crippen LogP contribution in [0.15, 0.2) is 33.3 Å². The van der Waals surface area contributed by atoms with E-state index in [1.165, 1.54) is 0 Å². The molecule has 1 atom stereocenters.